The Labute approximate surface area is 80.0 Å². The van der Waals surface area contributed by atoms with Crippen molar-refractivity contribution in [1.82, 2.24) is 0 Å². The summed E-state index contributed by atoms with van der Waals surface area (Å²) in [5.41, 5.74) is 0. The molecule has 1 saturated heterocycles. The van der Waals surface area contributed by atoms with Crippen LogP contribution in [0.1, 0.15) is 32.6 Å². The summed E-state index contributed by atoms with van der Waals surface area (Å²) in [5.74, 6) is 0. The fourth-order valence-corrected chi connectivity index (χ4v) is 1.42. The maximum Gasteiger partial charge on any atom is 0.0830 e. The predicted octanol–water partition coefficient (Wildman–Crippen LogP) is 1.34. The van der Waals surface area contributed by atoms with Crippen molar-refractivity contribution in [2.45, 2.75) is 44.8 Å². The second-order valence-electron chi connectivity index (χ2n) is 3.56. The summed E-state index contributed by atoms with van der Waals surface area (Å²) in [6.45, 7) is 4.33. The molecule has 13 heavy (non-hydrogen) atoms. The van der Waals surface area contributed by atoms with Crippen LogP contribution in [0.3, 0.4) is 0 Å². The van der Waals surface area contributed by atoms with Crippen molar-refractivity contribution in [2.75, 3.05) is 19.8 Å². The zero-order valence-electron chi connectivity index (χ0n) is 8.37. The largest absolute Gasteiger partial charge is 0.393 e. The highest BCUT2D eigenvalue weighted by atomic mass is 16.5. The van der Waals surface area contributed by atoms with E-state index < -0.39 is 0 Å². The third-order valence-corrected chi connectivity index (χ3v) is 2.39. The zero-order chi connectivity index (χ0) is 9.52. The lowest BCUT2D eigenvalue weighted by molar-refractivity contribution is 0.0346. The van der Waals surface area contributed by atoms with Gasteiger partial charge < -0.3 is 14.6 Å². The van der Waals surface area contributed by atoms with Crippen LogP contribution in [0.15, 0.2) is 0 Å². The Hall–Kier alpha value is -0.120. The highest BCUT2D eigenvalue weighted by Crippen LogP contribution is 2.09. The van der Waals surface area contributed by atoms with Crippen molar-refractivity contribution in [3.05, 3.63) is 0 Å². The molecule has 78 valence electrons. The van der Waals surface area contributed by atoms with Crippen molar-refractivity contribution < 1.29 is 14.6 Å². The SMILES string of the molecule is CCC(O)CCCOC1CCOC1. The second kappa shape index (κ2) is 6.35. The molecular weight excluding hydrogens is 168 g/mol. The summed E-state index contributed by atoms with van der Waals surface area (Å²) in [5, 5.41) is 9.27. The Morgan fingerprint density at radius 1 is 1.62 bits per heavy atom. The van der Waals surface area contributed by atoms with Gasteiger partial charge in [-0.3, -0.25) is 0 Å². The highest BCUT2D eigenvalue weighted by molar-refractivity contribution is 4.63. The maximum atomic E-state index is 9.27. The molecule has 0 aromatic rings. The van der Waals surface area contributed by atoms with Gasteiger partial charge in [0, 0.05) is 13.2 Å². The molecule has 2 atom stereocenters. The van der Waals surface area contributed by atoms with Gasteiger partial charge in [0.2, 0.25) is 0 Å². The number of ether oxygens (including phenoxy) is 2. The molecule has 1 rings (SSSR count). The molecule has 2 unspecified atom stereocenters. The smallest absolute Gasteiger partial charge is 0.0830 e. The van der Waals surface area contributed by atoms with E-state index in [4.69, 9.17) is 9.47 Å². The van der Waals surface area contributed by atoms with Gasteiger partial charge in [-0.1, -0.05) is 6.92 Å². The zero-order valence-corrected chi connectivity index (χ0v) is 8.37. The van der Waals surface area contributed by atoms with E-state index in [0.29, 0.717) is 6.10 Å². The minimum absolute atomic E-state index is 0.150. The second-order valence-corrected chi connectivity index (χ2v) is 3.56. The fourth-order valence-electron chi connectivity index (χ4n) is 1.42. The molecule has 0 saturated carbocycles. The molecule has 0 amide bonds. The number of rotatable bonds is 6. The molecule has 1 aliphatic heterocycles. The van der Waals surface area contributed by atoms with E-state index in [1.807, 2.05) is 6.92 Å². The van der Waals surface area contributed by atoms with E-state index in [0.717, 1.165) is 45.5 Å². The molecular formula is C10H20O3. The Morgan fingerprint density at radius 2 is 2.46 bits per heavy atom. The monoisotopic (exact) mass is 188 g/mol. The molecule has 0 aliphatic carbocycles. The average Bonchev–Trinajstić information content (AvgIpc) is 2.64. The first-order chi connectivity index (χ1) is 6.33. The summed E-state index contributed by atoms with van der Waals surface area (Å²) in [6.07, 6.45) is 3.82. The number of aliphatic hydroxyl groups is 1. The lowest BCUT2D eigenvalue weighted by Gasteiger charge is -2.11. The van der Waals surface area contributed by atoms with Gasteiger partial charge in [-0.05, 0) is 25.7 Å². The van der Waals surface area contributed by atoms with Crippen LogP contribution in [0.25, 0.3) is 0 Å². The molecule has 3 heteroatoms. The van der Waals surface area contributed by atoms with Crippen molar-refractivity contribution >= 4 is 0 Å². The van der Waals surface area contributed by atoms with Gasteiger partial charge >= 0.3 is 0 Å². The standard InChI is InChI=1S/C10H20O3/c1-2-9(11)4-3-6-13-10-5-7-12-8-10/h9-11H,2-8H2,1H3. The fraction of sp³-hybridized carbons (Fsp3) is 1.00. The summed E-state index contributed by atoms with van der Waals surface area (Å²) < 4.78 is 10.7. The molecule has 1 aliphatic rings. The molecule has 0 spiro atoms. The van der Waals surface area contributed by atoms with Gasteiger partial charge in [0.25, 0.3) is 0 Å². The van der Waals surface area contributed by atoms with E-state index in [9.17, 15) is 5.11 Å². The van der Waals surface area contributed by atoms with Gasteiger partial charge in [-0.25, -0.2) is 0 Å². The van der Waals surface area contributed by atoms with E-state index >= 15 is 0 Å². The van der Waals surface area contributed by atoms with Crippen LogP contribution in [0.4, 0.5) is 0 Å². The van der Waals surface area contributed by atoms with E-state index in [-0.39, 0.29) is 6.10 Å². The summed E-state index contributed by atoms with van der Waals surface area (Å²) in [4.78, 5) is 0. The number of hydrogen-bond acceptors (Lipinski definition) is 3. The highest BCUT2D eigenvalue weighted by Gasteiger charge is 2.15. The lowest BCUT2D eigenvalue weighted by Crippen LogP contribution is -2.14. The molecule has 0 bridgehead atoms. The third kappa shape index (κ3) is 4.60. The van der Waals surface area contributed by atoms with Crippen molar-refractivity contribution in [3.63, 3.8) is 0 Å². The minimum Gasteiger partial charge on any atom is -0.393 e. The number of aliphatic hydroxyl groups excluding tert-OH is 1. The van der Waals surface area contributed by atoms with Crippen LogP contribution >= 0.6 is 0 Å². The number of hydrogen-bond donors (Lipinski definition) is 1. The maximum absolute atomic E-state index is 9.27. The van der Waals surface area contributed by atoms with Crippen molar-refractivity contribution in [2.24, 2.45) is 0 Å². The Kier molecular flexibility index (Phi) is 5.35. The van der Waals surface area contributed by atoms with Crippen LogP contribution in [0.5, 0.6) is 0 Å². The topological polar surface area (TPSA) is 38.7 Å². The lowest BCUT2D eigenvalue weighted by atomic mass is 10.1. The third-order valence-electron chi connectivity index (χ3n) is 2.39. The molecule has 1 fully saturated rings. The van der Waals surface area contributed by atoms with E-state index in [1.54, 1.807) is 0 Å². The van der Waals surface area contributed by atoms with E-state index in [1.165, 1.54) is 0 Å². The van der Waals surface area contributed by atoms with Crippen LogP contribution in [0.2, 0.25) is 0 Å². The first-order valence-corrected chi connectivity index (χ1v) is 5.20. The van der Waals surface area contributed by atoms with Gasteiger partial charge in [0.15, 0.2) is 0 Å². The van der Waals surface area contributed by atoms with Crippen molar-refractivity contribution in [1.29, 1.82) is 0 Å². The Bertz CT molecular complexity index is 121. The normalized spacial score (nSPS) is 24.9. The van der Waals surface area contributed by atoms with Gasteiger partial charge in [0.05, 0.1) is 18.8 Å². The summed E-state index contributed by atoms with van der Waals surface area (Å²) in [6, 6.07) is 0. The summed E-state index contributed by atoms with van der Waals surface area (Å²) in [7, 11) is 0. The molecule has 0 aromatic heterocycles. The minimum atomic E-state index is -0.150. The van der Waals surface area contributed by atoms with Gasteiger partial charge in [-0.15, -0.1) is 0 Å². The first kappa shape index (κ1) is 11.0. The molecule has 3 nitrogen and oxygen atoms in total. The van der Waals surface area contributed by atoms with Crippen molar-refractivity contribution in [3.8, 4) is 0 Å². The van der Waals surface area contributed by atoms with Crippen LogP contribution in [0, 0.1) is 0 Å². The first-order valence-electron chi connectivity index (χ1n) is 5.20. The molecule has 1 N–H and O–H groups in total. The Morgan fingerprint density at radius 3 is 3.08 bits per heavy atom. The van der Waals surface area contributed by atoms with Gasteiger partial charge in [-0.2, -0.15) is 0 Å². The van der Waals surface area contributed by atoms with Crippen LogP contribution in [-0.2, 0) is 9.47 Å². The molecule has 0 radical (unpaired) electrons. The molecule has 0 aromatic carbocycles. The Balaban J connectivity index is 1.88. The predicted molar refractivity (Wildman–Crippen MR) is 50.7 cm³/mol. The van der Waals surface area contributed by atoms with Gasteiger partial charge in [0.1, 0.15) is 0 Å². The van der Waals surface area contributed by atoms with E-state index in [2.05, 4.69) is 0 Å². The van der Waals surface area contributed by atoms with Crippen LogP contribution < -0.4 is 0 Å². The quantitative estimate of drug-likeness (QED) is 0.639. The molecule has 1 heterocycles. The summed E-state index contributed by atoms with van der Waals surface area (Å²) >= 11 is 0. The van der Waals surface area contributed by atoms with Crippen LogP contribution in [-0.4, -0.2) is 37.1 Å². The average molecular weight is 188 g/mol.